The van der Waals surface area contributed by atoms with Gasteiger partial charge < -0.3 is 0 Å². The predicted molar refractivity (Wildman–Crippen MR) is 174 cm³/mol. The van der Waals surface area contributed by atoms with Crippen LogP contribution >= 0.6 is 0 Å². The van der Waals surface area contributed by atoms with Crippen molar-refractivity contribution in [1.82, 2.24) is 0 Å². The van der Waals surface area contributed by atoms with Gasteiger partial charge in [-0.2, -0.15) is 0 Å². The smallest absolute Gasteiger partial charge is 0.200 e. The van der Waals surface area contributed by atoms with Gasteiger partial charge in [-0.15, -0.1) is 0 Å². The fourth-order valence-electron chi connectivity index (χ4n) is 6.25. The van der Waals surface area contributed by atoms with E-state index in [1.54, 1.807) is 0 Å². The van der Waals surface area contributed by atoms with Crippen LogP contribution in [-0.4, -0.2) is 22.8 Å². The topological polar surface area (TPSA) is 49.4 Å². The molecular formula is C38H9F15N4. The van der Waals surface area contributed by atoms with Crippen LogP contribution in [0.15, 0.2) is 97.4 Å². The second kappa shape index (κ2) is 13.2. The quantitative estimate of drug-likeness (QED) is 0.144. The highest BCUT2D eigenvalue weighted by Crippen LogP contribution is 2.49. The van der Waals surface area contributed by atoms with E-state index in [4.69, 9.17) is 0 Å². The molecule has 3 aromatic rings. The fraction of sp³-hybridized carbons (Fsp3) is 0. The summed E-state index contributed by atoms with van der Waals surface area (Å²) in [5, 5.41) is 0. The van der Waals surface area contributed by atoms with Crippen molar-refractivity contribution in [3.8, 4) is 0 Å². The van der Waals surface area contributed by atoms with Crippen LogP contribution in [0.3, 0.4) is 0 Å². The predicted octanol–water partition coefficient (Wildman–Crippen LogP) is 10.2. The Hall–Kier alpha value is -6.79. The van der Waals surface area contributed by atoms with Crippen LogP contribution in [0, 0.1) is 87.3 Å². The molecule has 5 heterocycles. The molecule has 19 heteroatoms. The first-order valence-electron chi connectivity index (χ1n) is 15.6. The lowest BCUT2D eigenvalue weighted by Crippen LogP contribution is -2.14. The molecule has 4 nitrogen and oxygen atoms in total. The highest BCUT2D eigenvalue weighted by molar-refractivity contribution is 6.43. The molecule has 286 valence electrons. The number of aliphatic imine (C=N–C) groups is 4. The highest BCUT2D eigenvalue weighted by Gasteiger charge is 2.42. The maximum absolute atomic E-state index is 15.9. The Morgan fingerprint density at radius 3 is 1.04 bits per heavy atom. The second-order valence-corrected chi connectivity index (χ2v) is 12.1. The second-order valence-electron chi connectivity index (χ2n) is 12.1. The standard InChI is InChI=1S/C38H9F15N4/c39-23-20(24(40)30(46)35(51)29(23)45)17-16-9-14-4-3-11(55-14)7-10-1-2-12(54-10)8-13-5-6-15(56-13)18(21-25(41)31(47)36(52)32(48)26(21)42)38(57-16)19(17)22-27(43)33(49)37(53)34(50)28(22)44/h1-9H. The molecule has 8 rings (SSSR count). The lowest BCUT2D eigenvalue weighted by atomic mass is 9.86. The maximum Gasteiger partial charge on any atom is 0.200 e. The van der Waals surface area contributed by atoms with Gasteiger partial charge in [0.25, 0.3) is 0 Å². The normalized spacial score (nSPS) is 17.1. The van der Waals surface area contributed by atoms with E-state index >= 15 is 26.3 Å². The Bertz CT molecular complexity index is 2790. The minimum atomic E-state index is -2.84. The Morgan fingerprint density at radius 1 is 0.263 bits per heavy atom. The first-order chi connectivity index (χ1) is 27.0. The van der Waals surface area contributed by atoms with Crippen LogP contribution in [0.5, 0.6) is 0 Å². The minimum absolute atomic E-state index is 0.0740. The van der Waals surface area contributed by atoms with Crippen molar-refractivity contribution >= 4 is 39.6 Å². The van der Waals surface area contributed by atoms with E-state index in [9.17, 15) is 39.5 Å². The van der Waals surface area contributed by atoms with Gasteiger partial charge in [-0.05, 0) is 54.7 Å². The van der Waals surface area contributed by atoms with E-state index in [1.807, 2.05) is 0 Å². The summed E-state index contributed by atoms with van der Waals surface area (Å²) in [7, 11) is 0. The number of benzene rings is 3. The van der Waals surface area contributed by atoms with Crippen molar-refractivity contribution in [2.45, 2.75) is 0 Å². The molecule has 5 aliphatic rings. The Morgan fingerprint density at radius 2 is 0.596 bits per heavy atom. The van der Waals surface area contributed by atoms with Gasteiger partial charge in [-0.1, -0.05) is 0 Å². The van der Waals surface area contributed by atoms with Crippen molar-refractivity contribution in [2.24, 2.45) is 20.0 Å². The van der Waals surface area contributed by atoms with Crippen molar-refractivity contribution in [1.29, 1.82) is 0 Å². The number of hydrogen-bond acceptors (Lipinski definition) is 4. The lowest BCUT2D eigenvalue weighted by molar-refractivity contribution is 0.375. The first-order valence-corrected chi connectivity index (χ1v) is 15.6. The molecule has 0 aliphatic carbocycles. The van der Waals surface area contributed by atoms with E-state index in [0.29, 0.717) is 6.08 Å². The minimum Gasteiger partial charge on any atom is -0.249 e. The van der Waals surface area contributed by atoms with Gasteiger partial charge in [0.1, 0.15) is 0 Å². The van der Waals surface area contributed by atoms with Gasteiger partial charge in [-0.25, -0.2) is 85.8 Å². The average molecular weight is 806 g/mol. The van der Waals surface area contributed by atoms with Gasteiger partial charge in [0.15, 0.2) is 69.8 Å². The summed E-state index contributed by atoms with van der Waals surface area (Å²) < 4.78 is 228. The number of rotatable bonds is 3. The zero-order valence-electron chi connectivity index (χ0n) is 27.2. The first kappa shape index (κ1) is 37.1. The van der Waals surface area contributed by atoms with Gasteiger partial charge in [0.05, 0.1) is 62.3 Å². The molecule has 0 radical (unpaired) electrons. The molecule has 0 saturated heterocycles. The fourth-order valence-corrected chi connectivity index (χ4v) is 6.25. The third kappa shape index (κ3) is 5.58. The SMILES string of the molecule is Fc1c(F)c(F)c(C2=C3N=C(C=C4C=CC(=N4)C=C4C=CC(=N4)C=C4C=CC2=N4)C(c2c(F)c(F)c(F)c(F)c2F)=C3c2c(F)c(F)c(F)c(F)c2F)c(F)c1F. The molecule has 0 spiro atoms. The summed E-state index contributed by atoms with van der Waals surface area (Å²) in [4.78, 5) is 16.4. The Kier molecular flexibility index (Phi) is 8.58. The number of fused-ring (bicyclic) bond motifs is 4. The molecule has 0 unspecified atom stereocenters. The molecular weight excluding hydrogens is 797 g/mol. The molecule has 57 heavy (non-hydrogen) atoms. The molecule has 5 aliphatic heterocycles. The van der Waals surface area contributed by atoms with E-state index < -0.39 is 138 Å². The maximum atomic E-state index is 15.9. The third-order valence-electron chi connectivity index (χ3n) is 8.75. The third-order valence-corrected chi connectivity index (χ3v) is 8.75. The zero-order chi connectivity index (χ0) is 40.9. The van der Waals surface area contributed by atoms with Crippen LogP contribution in [-0.2, 0) is 0 Å². The Balaban J connectivity index is 1.66. The summed E-state index contributed by atoms with van der Waals surface area (Å²) in [6.45, 7) is 0. The van der Waals surface area contributed by atoms with Gasteiger partial charge in [0, 0.05) is 16.7 Å². The average Bonchev–Trinajstić information content (AvgIpc) is 4.01. The van der Waals surface area contributed by atoms with E-state index in [1.165, 1.54) is 30.4 Å². The Labute approximate surface area is 306 Å². The van der Waals surface area contributed by atoms with Crippen molar-refractivity contribution in [2.75, 3.05) is 0 Å². The molecule has 3 aromatic carbocycles. The van der Waals surface area contributed by atoms with Gasteiger partial charge >= 0.3 is 0 Å². The monoisotopic (exact) mass is 806 g/mol. The van der Waals surface area contributed by atoms with Gasteiger partial charge in [-0.3, -0.25) is 0 Å². The van der Waals surface area contributed by atoms with Crippen molar-refractivity contribution < 1.29 is 65.9 Å². The summed E-state index contributed by atoms with van der Waals surface area (Å²) in [5.41, 5.74) is -15.2. The molecule has 0 amide bonds. The van der Waals surface area contributed by atoms with Crippen LogP contribution < -0.4 is 0 Å². The zero-order valence-corrected chi connectivity index (χ0v) is 27.2. The lowest BCUT2D eigenvalue weighted by Gasteiger charge is -2.18. The molecule has 0 saturated carbocycles. The van der Waals surface area contributed by atoms with Crippen LogP contribution in [0.2, 0.25) is 0 Å². The van der Waals surface area contributed by atoms with E-state index in [0.717, 1.165) is 18.2 Å². The summed E-state index contributed by atoms with van der Waals surface area (Å²) in [6.07, 6.45) is 10.4. The number of hydrogen-bond donors (Lipinski definition) is 0. The summed E-state index contributed by atoms with van der Waals surface area (Å²) >= 11 is 0. The van der Waals surface area contributed by atoms with E-state index in [2.05, 4.69) is 20.0 Å². The largest absolute Gasteiger partial charge is 0.249 e. The van der Waals surface area contributed by atoms with Crippen LogP contribution in [0.25, 0.3) is 16.7 Å². The van der Waals surface area contributed by atoms with Gasteiger partial charge in [0.2, 0.25) is 17.5 Å². The van der Waals surface area contributed by atoms with Crippen molar-refractivity contribution in [3.05, 3.63) is 181 Å². The molecule has 0 N–H and O–H groups in total. The molecule has 0 atom stereocenters. The van der Waals surface area contributed by atoms with Crippen LogP contribution in [0.4, 0.5) is 65.9 Å². The molecule has 8 bridgehead atoms. The number of halogens is 15. The van der Waals surface area contributed by atoms with E-state index in [-0.39, 0.29) is 28.5 Å². The van der Waals surface area contributed by atoms with Crippen molar-refractivity contribution in [3.63, 3.8) is 0 Å². The summed E-state index contributed by atoms with van der Waals surface area (Å²) in [5.74, 6) is -41.2. The molecule has 0 aromatic heterocycles. The number of allylic oxidation sites excluding steroid dienone is 12. The molecule has 0 fully saturated rings. The van der Waals surface area contributed by atoms with Crippen LogP contribution in [0.1, 0.15) is 16.7 Å². The summed E-state index contributed by atoms with van der Waals surface area (Å²) in [6, 6.07) is 0. The highest BCUT2D eigenvalue weighted by atomic mass is 19.2. The number of nitrogens with zero attached hydrogens (tertiary/aromatic N) is 4.